The predicted octanol–water partition coefficient (Wildman–Crippen LogP) is -2.67. The molecule has 0 fully saturated rings. The third-order valence-corrected chi connectivity index (χ3v) is 1.15. The summed E-state index contributed by atoms with van der Waals surface area (Å²) < 4.78 is 0. The Bertz CT molecular complexity index is 261. The van der Waals surface area contributed by atoms with Crippen molar-refractivity contribution in [3.8, 4) is 0 Å². The van der Waals surface area contributed by atoms with Crippen LogP contribution in [0.5, 0.6) is 0 Å². The lowest BCUT2D eigenvalue weighted by Gasteiger charge is -2.12. The zero-order chi connectivity index (χ0) is 12.6. The molecule has 0 aromatic heterocycles. The van der Waals surface area contributed by atoms with Crippen LogP contribution in [0, 0.1) is 9.81 Å². The van der Waals surface area contributed by atoms with E-state index >= 15 is 0 Å². The SMILES string of the molecule is NC(N)=NN(CCN(N=O)N=C(N)N)N=O. The van der Waals surface area contributed by atoms with Gasteiger partial charge in [0.05, 0.1) is 23.7 Å². The molecule has 0 radical (unpaired) electrons. The van der Waals surface area contributed by atoms with Gasteiger partial charge in [-0.2, -0.15) is 0 Å². The van der Waals surface area contributed by atoms with E-state index in [2.05, 4.69) is 20.8 Å². The topological polar surface area (TPSA) is 194 Å². The van der Waals surface area contributed by atoms with Gasteiger partial charge in [0.15, 0.2) is 0 Å². The molecule has 16 heavy (non-hydrogen) atoms. The molecule has 0 spiro atoms. The summed E-state index contributed by atoms with van der Waals surface area (Å²) in [5, 5.41) is 12.8. The molecule has 0 aromatic carbocycles. The molecule has 12 heteroatoms. The lowest BCUT2D eigenvalue weighted by Crippen LogP contribution is -2.32. The highest BCUT2D eigenvalue weighted by molar-refractivity contribution is 5.75. The van der Waals surface area contributed by atoms with Crippen molar-refractivity contribution in [2.45, 2.75) is 0 Å². The molecule has 12 nitrogen and oxygen atoms in total. The van der Waals surface area contributed by atoms with Gasteiger partial charge in [0.1, 0.15) is 0 Å². The average molecular weight is 232 g/mol. The maximum absolute atomic E-state index is 10.2. The molecule has 0 saturated heterocycles. The average Bonchev–Trinajstić information content (AvgIpc) is 2.20. The van der Waals surface area contributed by atoms with Gasteiger partial charge in [-0.05, 0) is 0 Å². The fourth-order valence-electron chi connectivity index (χ4n) is 0.664. The van der Waals surface area contributed by atoms with E-state index in [0.717, 1.165) is 0 Å². The molecule has 0 aliphatic heterocycles. The number of nitroso groups, excluding NO2 is 2. The van der Waals surface area contributed by atoms with E-state index in [0.29, 0.717) is 10.2 Å². The number of nitrogens with two attached hydrogens (primary N) is 4. The van der Waals surface area contributed by atoms with Crippen molar-refractivity contribution in [3.63, 3.8) is 0 Å². The minimum Gasteiger partial charge on any atom is -0.369 e. The minimum absolute atomic E-state index is 0.121. The Kier molecular flexibility index (Phi) is 5.62. The standard InChI is InChI=1S/C4H12N10O2/c5-3(6)9-13(11-15)1-2-14(12-16)10-4(7)8/h1-2H2,(H4,5,6,9)(H4,7,8,10). The van der Waals surface area contributed by atoms with Crippen molar-refractivity contribution < 1.29 is 0 Å². The molecule has 0 aliphatic carbocycles. The van der Waals surface area contributed by atoms with Crippen LogP contribution in [0.1, 0.15) is 0 Å². The van der Waals surface area contributed by atoms with E-state index in [1.54, 1.807) is 0 Å². The number of guanidine groups is 2. The van der Waals surface area contributed by atoms with Crippen LogP contribution < -0.4 is 22.9 Å². The van der Waals surface area contributed by atoms with Crippen LogP contribution in [0.3, 0.4) is 0 Å². The monoisotopic (exact) mass is 232 g/mol. The van der Waals surface area contributed by atoms with Gasteiger partial charge in [-0.1, -0.05) is 0 Å². The second-order valence-electron chi connectivity index (χ2n) is 2.40. The summed E-state index contributed by atoms with van der Waals surface area (Å²) >= 11 is 0. The molecule has 0 atom stereocenters. The lowest BCUT2D eigenvalue weighted by atomic mass is 10.6. The van der Waals surface area contributed by atoms with Crippen LogP contribution in [-0.2, 0) is 0 Å². The zero-order valence-electron chi connectivity index (χ0n) is 8.22. The summed E-state index contributed by atoms with van der Waals surface area (Å²) in [4.78, 5) is 20.4. The Morgan fingerprint density at radius 2 is 1.12 bits per heavy atom. The third kappa shape index (κ3) is 5.90. The van der Waals surface area contributed by atoms with Crippen LogP contribution in [-0.4, -0.2) is 35.2 Å². The lowest BCUT2D eigenvalue weighted by molar-refractivity contribution is 0.220. The Labute approximate surface area is 89.8 Å². The fraction of sp³-hybridized carbons (Fsp3) is 0.500. The summed E-state index contributed by atoms with van der Waals surface area (Å²) in [6.07, 6.45) is 0. The molecule has 0 aromatic rings. The van der Waals surface area contributed by atoms with Gasteiger partial charge in [-0.25, -0.2) is 0 Å². The highest BCUT2D eigenvalue weighted by Crippen LogP contribution is 1.94. The van der Waals surface area contributed by atoms with Crippen molar-refractivity contribution in [1.82, 2.24) is 10.2 Å². The Morgan fingerprint density at radius 3 is 1.31 bits per heavy atom. The van der Waals surface area contributed by atoms with Gasteiger partial charge >= 0.3 is 0 Å². The normalized spacial score (nSPS) is 8.75. The largest absolute Gasteiger partial charge is 0.369 e. The summed E-state index contributed by atoms with van der Waals surface area (Å²) in [5.41, 5.74) is 20.0. The molecular formula is C4H12N10O2. The second kappa shape index (κ2) is 6.74. The van der Waals surface area contributed by atoms with Crippen molar-refractivity contribution >= 4 is 11.9 Å². The van der Waals surface area contributed by atoms with Crippen LogP contribution >= 0.6 is 0 Å². The Morgan fingerprint density at radius 1 is 0.812 bits per heavy atom. The quantitative estimate of drug-likeness (QED) is 0.158. The van der Waals surface area contributed by atoms with Gasteiger partial charge in [0.2, 0.25) is 11.9 Å². The van der Waals surface area contributed by atoms with Gasteiger partial charge in [-0.3, -0.25) is 0 Å². The van der Waals surface area contributed by atoms with Gasteiger partial charge in [-0.15, -0.1) is 30.3 Å². The molecule has 0 bridgehead atoms. The number of hydrogen-bond donors (Lipinski definition) is 4. The molecular weight excluding hydrogens is 220 g/mol. The fourth-order valence-corrected chi connectivity index (χ4v) is 0.664. The molecule has 0 saturated carbocycles. The number of rotatable bonds is 7. The van der Waals surface area contributed by atoms with Gasteiger partial charge < -0.3 is 22.9 Å². The van der Waals surface area contributed by atoms with Crippen molar-refractivity contribution in [1.29, 1.82) is 0 Å². The van der Waals surface area contributed by atoms with Gasteiger partial charge in [0.25, 0.3) is 0 Å². The molecule has 8 N–H and O–H groups in total. The number of nitrogens with zero attached hydrogens (tertiary/aromatic N) is 6. The first kappa shape index (κ1) is 13.3. The smallest absolute Gasteiger partial charge is 0.210 e. The van der Waals surface area contributed by atoms with E-state index < -0.39 is 0 Å². The molecule has 0 amide bonds. The summed E-state index contributed by atoms with van der Waals surface area (Å²) in [7, 11) is 0. The molecule has 0 unspecified atom stereocenters. The summed E-state index contributed by atoms with van der Waals surface area (Å²) in [5.74, 6) is -0.709. The first-order valence-corrected chi connectivity index (χ1v) is 3.90. The van der Waals surface area contributed by atoms with Crippen molar-refractivity contribution in [2.24, 2.45) is 43.7 Å². The van der Waals surface area contributed by atoms with Crippen LogP contribution in [0.2, 0.25) is 0 Å². The van der Waals surface area contributed by atoms with E-state index in [1.165, 1.54) is 0 Å². The van der Waals surface area contributed by atoms with Crippen LogP contribution in [0.4, 0.5) is 0 Å². The molecule has 0 heterocycles. The van der Waals surface area contributed by atoms with E-state index in [4.69, 9.17) is 22.9 Å². The van der Waals surface area contributed by atoms with Gasteiger partial charge in [0, 0.05) is 0 Å². The number of hydrazone groups is 2. The third-order valence-electron chi connectivity index (χ3n) is 1.15. The summed E-state index contributed by atoms with van der Waals surface area (Å²) in [6, 6.07) is 0. The zero-order valence-corrected chi connectivity index (χ0v) is 8.22. The van der Waals surface area contributed by atoms with Crippen LogP contribution in [0.25, 0.3) is 0 Å². The molecule has 90 valence electrons. The van der Waals surface area contributed by atoms with E-state index in [1.807, 2.05) is 0 Å². The van der Waals surface area contributed by atoms with E-state index in [9.17, 15) is 9.81 Å². The summed E-state index contributed by atoms with van der Waals surface area (Å²) in [6.45, 7) is -0.242. The Balaban J connectivity index is 4.29. The highest BCUT2D eigenvalue weighted by Gasteiger charge is 2.06. The Hall–Kier alpha value is -2.66. The van der Waals surface area contributed by atoms with Crippen molar-refractivity contribution in [3.05, 3.63) is 9.81 Å². The predicted molar refractivity (Wildman–Crippen MR) is 56.6 cm³/mol. The van der Waals surface area contributed by atoms with E-state index in [-0.39, 0.29) is 25.0 Å². The molecule has 0 rings (SSSR count). The van der Waals surface area contributed by atoms with Crippen LogP contribution in [0.15, 0.2) is 20.8 Å². The second-order valence-corrected chi connectivity index (χ2v) is 2.40. The minimum atomic E-state index is -0.355. The first-order chi connectivity index (χ1) is 7.49. The number of hydrogen-bond acceptors (Lipinski definition) is 6. The highest BCUT2D eigenvalue weighted by atomic mass is 16.3. The maximum Gasteiger partial charge on any atom is 0.210 e. The molecule has 0 aliphatic rings. The van der Waals surface area contributed by atoms with Crippen molar-refractivity contribution in [2.75, 3.05) is 13.1 Å². The first-order valence-electron chi connectivity index (χ1n) is 3.90. The maximum atomic E-state index is 10.2.